The van der Waals surface area contributed by atoms with Crippen molar-refractivity contribution in [3.8, 4) is 0 Å². The number of methoxy groups -OCH3 is 1. The summed E-state index contributed by atoms with van der Waals surface area (Å²) in [4.78, 5) is 0. The van der Waals surface area contributed by atoms with Crippen molar-refractivity contribution in [1.29, 1.82) is 0 Å². The number of alkyl halides is 13. The quantitative estimate of drug-likeness (QED) is 0.461. The number of ether oxygens (including phenoxy) is 2. The summed E-state index contributed by atoms with van der Waals surface area (Å²) in [7, 11) is 0.517. The van der Waals surface area contributed by atoms with Crippen LogP contribution in [-0.2, 0) is 9.47 Å². The van der Waals surface area contributed by atoms with Crippen molar-refractivity contribution in [2.24, 2.45) is 0 Å². The summed E-state index contributed by atoms with van der Waals surface area (Å²) >= 11 is 0. The summed E-state index contributed by atoms with van der Waals surface area (Å²) in [6.45, 7) is 0.393. The molecule has 0 amide bonds. The van der Waals surface area contributed by atoms with Crippen molar-refractivity contribution < 1.29 is 66.5 Å². The molecule has 2 nitrogen and oxygen atoms in total. The van der Waals surface area contributed by atoms with Crippen molar-refractivity contribution >= 4 is 0 Å². The zero-order valence-corrected chi connectivity index (χ0v) is 11.3. The van der Waals surface area contributed by atoms with Crippen LogP contribution in [0.3, 0.4) is 0 Å². The minimum atomic E-state index is -7.94. The molecule has 0 N–H and O–H groups in total. The number of rotatable bonds is 7. The summed E-state index contributed by atoms with van der Waals surface area (Å²) in [6.07, 6.45) is -16.5. The van der Waals surface area contributed by atoms with Crippen molar-refractivity contribution in [1.82, 2.24) is 0 Å². The molecule has 0 aromatic heterocycles. The molecule has 15 heteroatoms. The molecular formula is C9H7F13O2. The van der Waals surface area contributed by atoms with Gasteiger partial charge in [-0.25, -0.2) is 0 Å². The highest BCUT2D eigenvalue weighted by molar-refractivity contribution is 5.08. The van der Waals surface area contributed by atoms with Crippen LogP contribution in [0.4, 0.5) is 57.1 Å². The van der Waals surface area contributed by atoms with Gasteiger partial charge >= 0.3 is 36.0 Å². The molecule has 0 aromatic rings. The second kappa shape index (κ2) is 6.07. The molecule has 24 heavy (non-hydrogen) atoms. The van der Waals surface area contributed by atoms with Gasteiger partial charge in [0.2, 0.25) is 0 Å². The molecule has 0 spiro atoms. The molecule has 0 aliphatic rings. The SMILES string of the molecule is COC(C)OC(F)(F)C(F)(F)C(F)(F)C(F)(F)C(F)(F)C(F)(F)F. The fourth-order valence-corrected chi connectivity index (χ4v) is 1.09. The summed E-state index contributed by atoms with van der Waals surface area (Å²) in [5.74, 6) is -31.0. The minimum Gasteiger partial charge on any atom is -0.356 e. The molecule has 0 fully saturated rings. The first kappa shape index (κ1) is 23.0. The van der Waals surface area contributed by atoms with Crippen LogP contribution in [0.25, 0.3) is 0 Å². The predicted molar refractivity (Wildman–Crippen MR) is 48.3 cm³/mol. The van der Waals surface area contributed by atoms with Gasteiger partial charge in [-0.05, 0) is 6.92 Å². The lowest BCUT2D eigenvalue weighted by Gasteiger charge is -2.39. The number of hydrogen-bond acceptors (Lipinski definition) is 2. The van der Waals surface area contributed by atoms with E-state index in [0.29, 0.717) is 14.0 Å². The van der Waals surface area contributed by atoms with E-state index in [0.717, 1.165) is 0 Å². The lowest BCUT2D eigenvalue weighted by atomic mass is 9.97. The van der Waals surface area contributed by atoms with E-state index in [4.69, 9.17) is 0 Å². The van der Waals surface area contributed by atoms with Crippen LogP contribution in [0.2, 0.25) is 0 Å². The standard InChI is InChI=1S/C9H7F13O2/c1-3(23-2)24-9(21,22)7(16,17)5(12,13)4(10,11)6(14,15)8(18,19)20/h3H,1-2H3. The average Bonchev–Trinajstić information content (AvgIpc) is 2.35. The van der Waals surface area contributed by atoms with Gasteiger partial charge in [-0.3, -0.25) is 4.74 Å². The van der Waals surface area contributed by atoms with Crippen LogP contribution < -0.4 is 0 Å². The van der Waals surface area contributed by atoms with Gasteiger partial charge in [0, 0.05) is 7.11 Å². The van der Waals surface area contributed by atoms with E-state index in [1.54, 1.807) is 0 Å². The largest absolute Gasteiger partial charge is 0.460 e. The Morgan fingerprint density at radius 2 is 0.917 bits per heavy atom. The zero-order chi connectivity index (χ0) is 20.0. The van der Waals surface area contributed by atoms with E-state index in [9.17, 15) is 57.1 Å². The van der Waals surface area contributed by atoms with Gasteiger partial charge in [-0.15, -0.1) is 0 Å². The average molecular weight is 394 g/mol. The Labute approximate surface area is 124 Å². The third-order valence-corrected chi connectivity index (χ3v) is 2.55. The second-order valence-electron chi connectivity index (χ2n) is 4.23. The molecule has 0 radical (unpaired) electrons. The highest BCUT2D eigenvalue weighted by Crippen LogP contribution is 2.60. The molecule has 0 saturated heterocycles. The molecule has 1 unspecified atom stereocenters. The molecule has 0 heterocycles. The molecule has 0 aliphatic heterocycles. The van der Waals surface area contributed by atoms with Crippen LogP contribution in [0.1, 0.15) is 6.92 Å². The molecule has 0 aromatic carbocycles. The molecule has 146 valence electrons. The van der Waals surface area contributed by atoms with E-state index in [-0.39, 0.29) is 0 Å². The van der Waals surface area contributed by atoms with Gasteiger partial charge in [0.05, 0.1) is 0 Å². The Morgan fingerprint density at radius 1 is 0.583 bits per heavy atom. The molecule has 1 atom stereocenters. The first-order chi connectivity index (χ1) is 10.2. The summed E-state index contributed by atoms with van der Waals surface area (Å²) in [6, 6.07) is 0. The monoisotopic (exact) mass is 394 g/mol. The molecule has 0 saturated carbocycles. The van der Waals surface area contributed by atoms with E-state index in [2.05, 4.69) is 9.47 Å². The van der Waals surface area contributed by atoms with Crippen molar-refractivity contribution in [2.45, 2.75) is 49.2 Å². The number of halogens is 13. The Kier molecular flexibility index (Phi) is 5.82. The van der Waals surface area contributed by atoms with Gasteiger partial charge < -0.3 is 4.74 Å². The Bertz CT molecular complexity index is 441. The normalized spacial score (nSPS) is 17.1. The first-order valence-electron chi connectivity index (χ1n) is 5.37. The third-order valence-electron chi connectivity index (χ3n) is 2.55. The summed E-state index contributed by atoms with van der Waals surface area (Å²) in [5, 5.41) is 0. The molecular weight excluding hydrogens is 387 g/mol. The second-order valence-corrected chi connectivity index (χ2v) is 4.23. The Balaban J connectivity index is 6.11. The van der Waals surface area contributed by atoms with Crippen LogP contribution in [0, 0.1) is 0 Å². The fourth-order valence-electron chi connectivity index (χ4n) is 1.09. The van der Waals surface area contributed by atoms with E-state index in [1.165, 1.54) is 0 Å². The molecule has 0 rings (SSSR count). The lowest BCUT2D eigenvalue weighted by Crippen LogP contribution is -2.70. The van der Waals surface area contributed by atoms with Gasteiger partial charge in [0.15, 0.2) is 6.29 Å². The lowest BCUT2D eigenvalue weighted by molar-refractivity contribution is -0.475. The molecule has 0 bridgehead atoms. The highest BCUT2D eigenvalue weighted by atomic mass is 19.4. The maximum atomic E-state index is 13.0. The van der Waals surface area contributed by atoms with Gasteiger partial charge in [-0.1, -0.05) is 0 Å². The maximum absolute atomic E-state index is 13.0. The minimum absolute atomic E-state index is 0.393. The van der Waals surface area contributed by atoms with Crippen LogP contribution in [0.15, 0.2) is 0 Å². The smallest absolute Gasteiger partial charge is 0.356 e. The summed E-state index contributed by atoms with van der Waals surface area (Å²) < 4.78 is 170. The van der Waals surface area contributed by atoms with E-state index >= 15 is 0 Å². The van der Waals surface area contributed by atoms with Gasteiger partial charge in [0.25, 0.3) is 0 Å². The topological polar surface area (TPSA) is 18.5 Å². The Morgan fingerprint density at radius 3 is 1.21 bits per heavy atom. The van der Waals surface area contributed by atoms with Gasteiger partial charge in [-0.2, -0.15) is 57.1 Å². The van der Waals surface area contributed by atoms with E-state index in [1.807, 2.05) is 0 Å². The predicted octanol–water partition coefficient (Wildman–Crippen LogP) is 4.69. The van der Waals surface area contributed by atoms with Crippen molar-refractivity contribution in [2.75, 3.05) is 7.11 Å². The first-order valence-corrected chi connectivity index (χ1v) is 5.37. The third kappa shape index (κ3) is 3.23. The van der Waals surface area contributed by atoms with Crippen molar-refractivity contribution in [3.63, 3.8) is 0 Å². The summed E-state index contributed by atoms with van der Waals surface area (Å²) in [5.41, 5.74) is 0. The maximum Gasteiger partial charge on any atom is 0.460 e. The van der Waals surface area contributed by atoms with Crippen LogP contribution >= 0.6 is 0 Å². The van der Waals surface area contributed by atoms with Gasteiger partial charge in [0.1, 0.15) is 0 Å². The highest BCUT2D eigenvalue weighted by Gasteiger charge is 2.91. The van der Waals surface area contributed by atoms with E-state index < -0.39 is 42.3 Å². The fraction of sp³-hybridized carbons (Fsp3) is 1.00. The zero-order valence-electron chi connectivity index (χ0n) is 11.3. The Hall–Kier alpha value is -0.990. The van der Waals surface area contributed by atoms with Crippen molar-refractivity contribution in [3.05, 3.63) is 0 Å². The van der Waals surface area contributed by atoms with Crippen LogP contribution in [0.5, 0.6) is 0 Å². The van der Waals surface area contributed by atoms with Crippen LogP contribution in [-0.4, -0.2) is 49.4 Å². The molecule has 0 aliphatic carbocycles. The number of hydrogen-bond donors (Lipinski definition) is 0.